The number of rotatable bonds is 4. The number of pyridine rings is 1. The highest BCUT2D eigenvalue weighted by Crippen LogP contribution is 2.29. The second-order valence-electron chi connectivity index (χ2n) is 6.12. The molecule has 1 aliphatic heterocycles. The van der Waals surface area contributed by atoms with Crippen molar-refractivity contribution in [1.29, 1.82) is 0 Å². The molecule has 0 amide bonds. The maximum Gasteiger partial charge on any atom is 0.306 e. The van der Waals surface area contributed by atoms with Gasteiger partial charge in [-0.15, -0.1) is 0 Å². The van der Waals surface area contributed by atoms with Gasteiger partial charge in [-0.3, -0.25) is 9.78 Å². The lowest BCUT2D eigenvalue weighted by molar-refractivity contribution is -0.142. The van der Waals surface area contributed by atoms with Crippen LogP contribution in [0.5, 0.6) is 0 Å². The Morgan fingerprint density at radius 3 is 2.50 bits per heavy atom. The maximum atomic E-state index is 11.2. The first-order valence-corrected chi connectivity index (χ1v) is 8.35. The van der Waals surface area contributed by atoms with Crippen LogP contribution in [-0.4, -0.2) is 39.1 Å². The molecule has 2 aromatic heterocycles. The van der Waals surface area contributed by atoms with Crippen molar-refractivity contribution >= 4 is 11.8 Å². The predicted molar refractivity (Wildman–Crippen MR) is 92.0 cm³/mol. The molecule has 126 valence electrons. The summed E-state index contributed by atoms with van der Waals surface area (Å²) in [6, 6.07) is 3.81. The third-order valence-electron chi connectivity index (χ3n) is 4.63. The monoisotopic (exact) mass is 326 g/mol. The van der Waals surface area contributed by atoms with E-state index in [0.717, 1.165) is 42.1 Å². The SMILES string of the molecule is CCc1c(C)nc(-c2ccncc2)nc1N1CCC(C(=O)O)CC1. The minimum Gasteiger partial charge on any atom is -0.481 e. The summed E-state index contributed by atoms with van der Waals surface area (Å²) in [4.78, 5) is 26.9. The zero-order valence-electron chi connectivity index (χ0n) is 14.1. The molecule has 3 rings (SSSR count). The molecule has 0 spiro atoms. The van der Waals surface area contributed by atoms with Gasteiger partial charge in [0.25, 0.3) is 0 Å². The first-order valence-electron chi connectivity index (χ1n) is 8.35. The normalized spacial score (nSPS) is 15.5. The largest absolute Gasteiger partial charge is 0.481 e. The average molecular weight is 326 g/mol. The van der Waals surface area contributed by atoms with Crippen molar-refractivity contribution in [1.82, 2.24) is 15.0 Å². The van der Waals surface area contributed by atoms with Gasteiger partial charge >= 0.3 is 5.97 Å². The molecule has 1 fully saturated rings. The van der Waals surface area contributed by atoms with E-state index in [1.165, 1.54) is 0 Å². The summed E-state index contributed by atoms with van der Waals surface area (Å²) in [6.45, 7) is 5.55. The molecule has 0 unspecified atom stereocenters. The highest BCUT2D eigenvalue weighted by molar-refractivity contribution is 5.70. The third-order valence-corrected chi connectivity index (χ3v) is 4.63. The smallest absolute Gasteiger partial charge is 0.306 e. The van der Waals surface area contributed by atoms with E-state index in [2.05, 4.69) is 21.8 Å². The molecule has 0 aromatic carbocycles. The van der Waals surface area contributed by atoms with E-state index in [-0.39, 0.29) is 5.92 Å². The van der Waals surface area contributed by atoms with Crippen molar-refractivity contribution in [3.8, 4) is 11.4 Å². The number of aliphatic carboxylic acids is 1. The minimum absolute atomic E-state index is 0.242. The topological polar surface area (TPSA) is 79.2 Å². The van der Waals surface area contributed by atoms with Crippen molar-refractivity contribution < 1.29 is 9.90 Å². The third kappa shape index (κ3) is 3.22. The Kier molecular flexibility index (Phi) is 4.74. The fourth-order valence-electron chi connectivity index (χ4n) is 3.22. The van der Waals surface area contributed by atoms with Gasteiger partial charge in [-0.1, -0.05) is 6.92 Å². The van der Waals surface area contributed by atoms with Crippen LogP contribution in [0, 0.1) is 12.8 Å². The molecule has 2 aromatic rings. The zero-order chi connectivity index (χ0) is 17.1. The molecule has 0 radical (unpaired) electrons. The Bertz CT molecular complexity index is 725. The number of hydrogen-bond acceptors (Lipinski definition) is 5. The molecule has 3 heterocycles. The van der Waals surface area contributed by atoms with Crippen LogP contribution in [0.25, 0.3) is 11.4 Å². The molecule has 0 bridgehead atoms. The van der Waals surface area contributed by atoms with Crippen molar-refractivity contribution in [3.05, 3.63) is 35.8 Å². The van der Waals surface area contributed by atoms with Crippen molar-refractivity contribution in [2.24, 2.45) is 5.92 Å². The summed E-state index contributed by atoms with van der Waals surface area (Å²) < 4.78 is 0. The molecule has 6 nitrogen and oxygen atoms in total. The number of anilines is 1. The Hall–Kier alpha value is -2.50. The van der Waals surface area contributed by atoms with Crippen molar-refractivity contribution in [2.45, 2.75) is 33.1 Å². The molecule has 0 atom stereocenters. The standard InChI is InChI=1S/C18H22N4O2/c1-3-15-12(2)20-16(13-4-8-19-9-5-13)21-17(15)22-10-6-14(7-11-22)18(23)24/h4-5,8-9,14H,3,6-7,10-11H2,1-2H3,(H,23,24). The van der Waals surface area contributed by atoms with Crippen molar-refractivity contribution in [2.75, 3.05) is 18.0 Å². The molecule has 1 aliphatic rings. The predicted octanol–water partition coefficient (Wildman–Crippen LogP) is 2.71. The number of aromatic nitrogens is 3. The summed E-state index contributed by atoms with van der Waals surface area (Å²) in [5.41, 5.74) is 3.06. The molecule has 6 heteroatoms. The van der Waals surface area contributed by atoms with Crippen LogP contribution in [-0.2, 0) is 11.2 Å². The van der Waals surface area contributed by atoms with Gasteiger partial charge in [-0.25, -0.2) is 9.97 Å². The maximum absolute atomic E-state index is 11.2. The van der Waals surface area contributed by atoms with Gasteiger partial charge in [0.05, 0.1) is 5.92 Å². The van der Waals surface area contributed by atoms with Crippen LogP contribution < -0.4 is 4.90 Å². The van der Waals surface area contributed by atoms with Gasteiger partial charge in [-0.2, -0.15) is 0 Å². The Morgan fingerprint density at radius 1 is 1.25 bits per heavy atom. The number of piperidine rings is 1. The molecule has 0 aliphatic carbocycles. The first-order chi connectivity index (χ1) is 11.6. The molecular weight excluding hydrogens is 304 g/mol. The Labute approximate surface area is 141 Å². The van der Waals surface area contributed by atoms with Crippen LogP contribution in [0.15, 0.2) is 24.5 Å². The van der Waals surface area contributed by atoms with Gasteiger partial charge in [0.15, 0.2) is 5.82 Å². The summed E-state index contributed by atoms with van der Waals surface area (Å²) in [5.74, 6) is 0.707. The molecule has 0 saturated carbocycles. The highest BCUT2D eigenvalue weighted by atomic mass is 16.4. The van der Waals surface area contributed by atoms with Crippen LogP contribution in [0.2, 0.25) is 0 Å². The number of carboxylic acid groups (broad SMARTS) is 1. The Morgan fingerprint density at radius 2 is 1.92 bits per heavy atom. The average Bonchev–Trinajstić information content (AvgIpc) is 2.62. The van der Waals surface area contributed by atoms with Gasteiger partial charge in [0, 0.05) is 42.3 Å². The van der Waals surface area contributed by atoms with Gasteiger partial charge in [0.2, 0.25) is 0 Å². The number of hydrogen-bond donors (Lipinski definition) is 1. The fourth-order valence-corrected chi connectivity index (χ4v) is 3.22. The van der Waals surface area contributed by atoms with Gasteiger partial charge < -0.3 is 10.0 Å². The summed E-state index contributed by atoms with van der Waals surface area (Å²) in [5, 5.41) is 9.18. The molecular formula is C18H22N4O2. The lowest BCUT2D eigenvalue weighted by Gasteiger charge is -2.32. The molecule has 24 heavy (non-hydrogen) atoms. The van der Waals surface area contributed by atoms with Gasteiger partial charge in [-0.05, 0) is 38.3 Å². The van der Waals surface area contributed by atoms with Crippen LogP contribution >= 0.6 is 0 Å². The zero-order valence-corrected chi connectivity index (χ0v) is 14.1. The lowest BCUT2D eigenvalue weighted by atomic mass is 9.96. The quantitative estimate of drug-likeness (QED) is 0.930. The Balaban J connectivity index is 1.94. The van der Waals surface area contributed by atoms with E-state index in [1.807, 2.05) is 19.1 Å². The van der Waals surface area contributed by atoms with E-state index >= 15 is 0 Å². The van der Waals surface area contributed by atoms with Crippen LogP contribution in [0.4, 0.5) is 5.82 Å². The molecule has 1 N–H and O–H groups in total. The minimum atomic E-state index is -0.693. The lowest BCUT2D eigenvalue weighted by Crippen LogP contribution is -2.37. The highest BCUT2D eigenvalue weighted by Gasteiger charge is 2.27. The van der Waals surface area contributed by atoms with E-state index in [1.54, 1.807) is 12.4 Å². The van der Waals surface area contributed by atoms with Crippen LogP contribution in [0.3, 0.4) is 0 Å². The second kappa shape index (κ2) is 6.95. The van der Waals surface area contributed by atoms with E-state index in [9.17, 15) is 9.90 Å². The number of aryl methyl sites for hydroxylation is 1. The van der Waals surface area contributed by atoms with E-state index in [4.69, 9.17) is 4.98 Å². The summed E-state index contributed by atoms with van der Waals surface area (Å²) in [7, 11) is 0. The van der Waals surface area contributed by atoms with Crippen LogP contribution in [0.1, 0.15) is 31.0 Å². The second-order valence-corrected chi connectivity index (χ2v) is 6.12. The van der Waals surface area contributed by atoms with E-state index < -0.39 is 5.97 Å². The summed E-state index contributed by atoms with van der Waals surface area (Å²) in [6.07, 6.45) is 5.65. The number of carbonyl (C=O) groups is 1. The van der Waals surface area contributed by atoms with E-state index in [0.29, 0.717) is 18.7 Å². The summed E-state index contributed by atoms with van der Waals surface area (Å²) >= 11 is 0. The fraction of sp³-hybridized carbons (Fsp3) is 0.444. The van der Waals surface area contributed by atoms with Gasteiger partial charge in [0.1, 0.15) is 5.82 Å². The number of nitrogens with zero attached hydrogens (tertiary/aromatic N) is 4. The van der Waals surface area contributed by atoms with Crippen molar-refractivity contribution in [3.63, 3.8) is 0 Å². The first kappa shape index (κ1) is 16.4. The molecule has 1 saturated heterocycles. The number of carboxylic acids is 1.